The summed E-state index contributed by atoms with van der Waals surface area (Å²) in [6, 6.07) is 28.8. The van der Waals surface area contributed by atoms with E-state index < -0.39 is 23.5 Å². The third-order valence-corrected chi connectivity index (χ3v) is 12.5. The lowest BCUT2D eigenvalue weighted by Gasteiger charge is -2.20. The third kappa shape index (κ3) is 12.5. The topological polar surface area (TPSA) is 188 Å². The molecule has 2 saturated heterocycles. The number of carbonyl (C=O) groups excluding carboxylic acids is 5. The van der Waals surface area contributed by atoms with Gasteiger partial charge in [0.15, 0.2) is 17.4 Å². The lowest BCUT2D eigenvalue weighted by Crippen LogP contribution is -2.34. The number of anilines is 4. The van der Waals surface area contributed by atoms with Gasteiger partial charge in [0.2, 0.25) is 0 Å². The van der Waals surface area contributed by atoms with Crippen molar-refractivity contribution < 1.29 is 42.3 Å². The minimum absolute atomic E-state index is 0.187. The van der Waals surface area contributed by atoms with Crippen LogP contribution >= 0.6 is 57.5 Å². The van der Waals surface area contributed by atoms with Crippen LogP contribution in [0, 0.1) is 0 Å². The number of amides is 4. The van der Waals surface area contributed by atoms with Gasteiger partial charge in [0.1, 0.15) is 12.2 Å². The van der Waals surface area contributed by atoms with Crippen molar-refractivity contribution in [3.05, 3.63) is 140 Å². The SMILES string of the molecule is CCCNc1ccc(N2C[C@H](CNC(=O)c3ccc(Cl)s3)OC2=O)cc1.O=C(Cl)c1ccco1.O=C(NC[C@H]1CN(c2ccc(N3CCN=C3c3ccco3)cc2)C(=O)O1)c1ccc(Cl)s1. The molecular weight excluding hydrogens is 953 g/mol. The molecule has 0 unspecified atom stereocenters. The Balaban J connectivity index is 0.000000171. The fourth-order valence-electron chi connectivity index (χ4n) is 6.68. The molecule has 2 aromatic carbocycles. The predicted molar refractivity (Wildman–Crippen MR) is 257 cm³/mol. The average molecular weight is 995 g/mol. The monoisotopic (exact) mass is 993 g/mol. The van der Waals surface area contributed by atoms with Crippen LogP contribution in [0.15, 0.2) is 123 Å². The zero-order valence-electron chi connectivity index (χ0n) is 35.1. The van der Waals surface area contributed by atoms with Crippen molar-refractivity contribution in [2.45, 2.75) is 25.6 Å². The molecule has 16 nitrogen and oxygen atoms in total. The minimum atomic E-state index is -0.560. The highest BCUT2D eigenvalue weighted by atomic mass is 35.5. The van der Waals surface area contributed by atoms with Crippen LogP contribution in [0.4, 0.5) is 32.3 Å². The molecular formula is C45H42Cl3N7O9S2. The summed E-state index contributed by atoms with van der Waals surface area (Å²) in [5, 5.41) is 8.30. The van der Waals surface area contributed by atoms with Gasteiger partial charge in [-0.25, -0.2) is 9.59 Å². The average Bonchev–Trinajstić information content (AvgIpc) is 4.18. The highest BCUT2D eigenvalue weighted by Gasteiger charge is 2.34. The summed E-state index contributed by atoms with van der Waals surface area (Å²) in [6.45, 7) is 5.70. The Hall–Kier alpha value is -6.31. The smallest absolute Gasteiger partial charge is 0.414 e. The first kappa shape index (κ1) is 47.6. The van der Waals surface area contributed by atoms with Gasteiger partial charge in [0.05, 0.1) is 63.7 Å². The molecule has 0 bridgehead atoms. The first-order chi connectivity index (χ1) is 31.9. The van der Waals surface area contributed by atoms with Crippen molar-refractivity contribution >= 4 is 115 Å². The summed E-state index contributed by atoms with van der Waals surface area (Å²) in [7, 11) is 0. The van der Waals surface area contributed by atoms with E-state index in [0.717, 1.165) is 53.9 Å². The number of hydrogen-bond donors (Lipinski definition) is 3. The maximum atomic E-state index is 12.4. The molecule has 0 aliphatic carbocycles. The van der Waals surface area contributed by atoms with E-state index in [1.807, 2.05) is 60.7 Å². The van der Waals surface area contributed by atoms with Gasteiger partial charge < -0.3 is 39.2 Å². The summed E-state index contributed by atoms with van der Waals surface area (Å²) < 4.78 is 22.0. The van der Waals surface area contributed by atoms with Crippen LogP contribution in [0.5, 0.6) is 0 Å². The summed E-state index contributed by atoms with van der Waals surface area (Å²) in [5.41, 5.74) is 3.48. The molecule has 21 heteroatoms. The number of halogens is 3. The van der Waals surface area contributed by atoms with Gasteiger partial charge in [-0.1, -0.05) is 30.1 Å². The second-order valence-electron chi connectivity index (χ2n) is 14.4. The zero-order valence-corrected chi connectivity index (χ0v) is 39.0. The number of nitrogens with zero attached hydrogens (tertiary/aromatic N) is 4. The van der Waals surface area contributed by atoms with Crippen LogP contribution in [-0.2, 0) is 9.47 Å². The van der Waals surface area contributed by atoms with E-state index in [2.05, 4.69) is 37.2 Å². The van der Waals surface area contributed by atoms with Gasteiger partial charge in [-0.05, 0) is 115 Å². The maximum Gasteiger partial charge on any atom is 0.414 e. The van der Waals surface area contributed by atoms with E-state index in [4.69, 9.17) is 48.7 Å². The molecule has 0 spiro atoms. The molecule has 9 rings (SSSR count). The van der Waals surface area contributed by atoms with Crippen LogP contribution in [0.3, 0.4) is 0 Å². The second-order valence-corrected chi connectivity index (χ2v) is 18.2. The van der Waals surface area contributed by atoms with Gasteiger partial charge in [0, 0.05) is 35.8 Å². The summed E-state index contributed by atoms with van der Waals surface area (Å²) in [6.07, 6.45) is 2.41. The summed E-state index contributed by atoms with van der Waals surface area (Å²) in [5.74, 6) is 1.25. The fourth-order valence-corrected chi connectivity index (χ4v) is 8.71. The number of amidine groups is 1. The number of aliphatic imine (C=N–C) groups is 1. The van der Waals surface area contributed by atoms with Crippen molar-refractivity contribution in [3.63, 3.8) is 0 Å². The van der Waals surface area contributed by atoms with Crippen LogP contribution < -0.4 is 30.7 Å². The van der Waals surface area contributed by atoms with Crippen LogP contribution in [0.2, 0.25) is 8.67 Å². The Bertz CT molecular complexity index is 2620. The number of hydrogen-bond acceptors (Lipinski definition) is 14. The summed E-state index contributed by atoms with van der Waals surface area (Å²) in [4.78, 5) is 69.7. The minimum Gasteiger partial charge on any atom is -0.461 e. The number of thiophene rings is 2. The largest absolute Gasteiger partial charge is 0.461 e. The Morgan fingerprint density at radius 3 is 1.65 bits per heavy atom. The van der Waals surface area contributed by atoms with Crippen LogP contribution in [-0.4, -0.2) is 93.1 Å². The van der Waals surface area contributed by atoms with E-state index in [1.165, 1.54) is 35.0 Å². The van der Waals surface area contributed by atoms with Gasteiger partial charge in [-0.3, -0.25) is 29.2 Å². The van der Waals surface area contributed by atoms with Crippen LogP contribution in [0.25, 0.3) is 0 Å². The number of cyclic esters (lactones) is 2. The van der Waals surface area contributed by atoms with Gasteiger partial charge in [-0.2, -0.15) is 0 Å². The molecule has 3 N–H and O–H groups in total. The highest BCUT2D eigenvalue weighted by molar-refractivity contribution is 7.18. The second kappa shape index (κ2) is 22.7. The molecule has 0 saturated carbocycles. The van der Waals surface area contributed by atoms with Gasteiger partial charge in [0.25, 0.3) is 17.1 Å². The molecule has 3 aliphatic rings. The number of rotatable bonds is 14. The number of benzene rings is 2. The molecule has 0 radical (unpaired) electrons. The lowest BCUT2D eigenvalue weighted by atomic mass is 10.2. The van der Waals surface area contributed by atoms with Gasteiger partial charge >= 0.3 is 12.2 Å². The standard InChI is InChI=1S/C22H19ClN4O4S.C18H20ClN3O3S.C5H3ClO2/c23-19-8-7-18(32-19)21(28)25-12-16-13-27(22(29)31-16)15-5-3-14(4-6-15)26-10-9-24-20(26)17-2-1-11-30-17;1-2-9-20-12-3-5-13(6-4-12)22-11-14(25-18(22)24)10-21-17(23)15-7-8-16(19)26-15;6-5(7)4-2-1-3-8-4/h1-8,11,16H,9-10,12-13H2,(H,25,28);3-8,14,20H,2,9-11H2,1H3,(H,21,23);1-3H/t16-;14-;/m00./s1. The van der Waals surface area contributed by atoms with Crippen molar-refractivity contribution in [1.82, 2.24) is 10.6 Å². The lowest BCUT2D eigenvalue weighted by molar-refractivity contribution is 0.0915. The number of carbonyl (C=O) groups is 5. The van der Waals surface area contributed by atoms with Crippen molar-refractivity contribution in [3.8, 4) is 0 Å². The molecule has 3 aliphatic heterocycles. The normalized spacial score (nSPS) is 16.4. The molecule has 344 valence electrons. The predicted octanol–water partition coefficient (Wildman–Crippen LogP) is 9.65. The molecule has 7 heterocycles. The molecule has 6 aromatic rings. The van der Waals surface area contributed by atoms with E-state index in [0.29, 0.717) is 38.1 Å². The third-order valence-electron chi connectivity index (χ3n) is 9.85. The Morgan fingerprint density at radius 1 is 0.697 bits per heavy atom. The number of furan rings is 2. The molecule has 2 atom stereocenters. The van der Waals surface area contributed by atoms with E-state index in [9.17, 15) is 24.0 Å². The Kier molecular flexibility index (Phi) is 16.4. The Labute approximate surface area is 402 Å². The fraction of sp³-hybridized carbons (Fsp3) is 0.244. The van der Waals surface area contributed by atoms with E-state index in [1.54, 1.807) is 46.4 Å². The first-order valence-corrected chi connectivity index (χ1v) is 23.3. The molecule has 2 fully saturated rings. The van der Waals surface area contributed by atoms with Crippen LogP contribution in [0.1, 0.15) is 49.0 Å². The maximum absolute atomic E-state index is 12.4. The molecule has 4 amide bonds. The van der Waals surface area contributed by atoms with Crippen molar-refractivity contribution in [1.29, 1.82) is 0 Å². The number of ether oxygens (including phenoxy) is 2. The highest BCUT2D eigenvalue weighted by Crippen LogP contribution is 2.28. The molecule has 66 heavy (non-hydrogen) atoms. The van der Waals surface area contributed by atoms with E-state index in [-0.39, 0.29) is 36.8 Å². The number of nitrogens with one attached hydrogen (secondary N) is 3. The quantitative estimate of drug-likeness (QED) is 0.0882. The van der Waals surface area contributed by atoms with E-state index >= 15 is 0 Å². The Morgan fingerprint density at radius 2 is 1.21 bits per heavy atom. The van der Waals surface area contributed by atoms with Gasteiger partial charge in [-0.15, -0.1) is 22.7 Å². The molecule has 4 aromatic heterocycles. The first-order valence-electron chi connectivity index (χ1n) is 20.5. The zero-order chi connectivity index (χ0) is 46.6. The van der Waals surface area contributed by atoms with Crippen molar-refractivity contribution in [2.24, 2.45) is 4.99 Å². The summed E-state index contributed by atoms with van der Waals surface area (Å²) >= 11 is 19.1. The van der Waals surface area contributed by atoms with Crippen molar-refractivity contribution in [2.75, 3.05) is 65.8 Å².